The van der Waals surface area contributed by atoms with Crippen LogP contribution in [-0.4, -0.2) is 17.5 Å². The van der Waals surface area contributed by atoms with Gasteiger partial charge >= 0.3 is 0 Å². The van der Waals surface area contributed by atoms with Crippen LogP contribution in [0.25, 0.3) is 0 Å². The Labute approximate surface area is 108 Å². The summed E-state index contributed by atoms with van der Waals surface area (Å²) in [4.78, 5) is 0. The first-order valence-corrected chi connectivity index (χ1v) is 7.64. The van der Waals surface area contributed by atoms with E-state index in [1.807, 2.05) is 23.9 Å². The zero-order valence-electron chi connectivity index (χ0n) is 10.7. The molecular weight excluding hydrogens is 228 g/mol. The number of nitrogen functional groups attached to an aromatic ring is 1. The molecule has 0 spiro atoms. The number of thioether (sulfide) groups is 1. The number of hydrogen-bond donors (Lipinski definition) is 2. The third kappa shape index (κ3) is 3.09. The van der Waals surface area contributed by atoms with Crippen LogP contribution in [0.5, 0.6) is 0 Å². The van der Waals surface area contributed by atoms with Crippen molar-refractivity contribution in [2.24, 2.45) is 0 Å². The predicted molar refractivity (Wildman–Crippen MR) is 78.8 cm³/mol. The zero-order chi connectivity index (χ0) is 12.3. The summed E-state index contributed by atoms with van der Waals surface area (Å²) in [5.41, 5.74) is 9.19. The third-order valence-corrected chi connectivity index (χ3v) is 4.88. The summed E-state index contributed by atoms with van der Waals surface area (Å²) in [6.07, 6.45) is 7.44. The fourth-order valence-electron chi connectivity index (χ4n) is 2.47. The molecule has 3 N–H and O–H groups in total. The number of benzene rings is 1. The van der Waals surface area contributed by atoms with E-state index in [0.717, 1.165) is 10.9 Å². The molecule has 0 heterocycles. The van der Waals surface area contributed by atoms with E-state index < -0.39 is 0 Å². The lowest BCUT2D eigenvalue weighted by Gasteiger charge is -2.29. The fraction of sp³-hybridized carbons (Fsp3) is 0.571. The predicted octanol–water partition coefficient (Wildman–Crippen LogP) is 3.66. The average Bonchev–Trinajstić information content (AvgIpc) is 2.36. The van der Waals surface area contributed by atoms with Gasteiger partial charge in [0.05, 0.1) is 0 Å². The lowest BCUT2D eigenvalue weighted by atomic mass is 9.94. The highest BCUT2D eigenvalue weighted by Crippen LogP contribution is 2.30. The molecule has 0 bridgehead atoms. The Morgan fingerprint density at radius 1 is 1.24 bits per heavy atom. The van der Waals surface area contributed by atoms with E-state index in [4.69, 9.17) is 5.73 Å². The maximum Gasteiger partial charge on any atom is 0.0392 e. The Hall–Kier alpha value is -0.830. The molecule has 1 saturated carbocycles. The van der Waals surface area contributed by atoms with Gasteiger partial charge in [-0.15, -0.1) is 0 Å². The molecule has 1 aromatic rings. The summed E-state index contributed by atoms with van der Waals surface area (Å²) in [5.74, 6) is 0. The highest BCUT2D eigenvalue weighted by Gasteiger charge is 2.20. The topological polar surface area (TPSA) is 38.0 Å². The van der Waals surface area contributed by atoms with Crippen LogP contribution >= 0.6 is 11.8 Å². The van der Waals surface area contributed by atoms with Crippen molar-refractivity contribution in [3.8, 4) is 0 Å². The Bertz CT molecular complexity index is 370. The van der Waals surface area contributed by atoms with Gasteiger partial charge < -0.3 is 11.1 Å². The van der Waals surface area contributed by atoms with Crippen molar-refractivity contribution in [2.75, 3.05) is 17.3 Å². The summed E-state index contributed by atoms with van der Waals surface area (Å²) in [6, 6.07) is 6.74. The second-order valence-electron chi connectivity index (χ2n) is 4.87. The number of rotatable bonds is 3. The monoisotopic (exact) mass is 250 g/mol. The molecule has 2 rings (SSSR count). The minimum atomic E-state index is 0.624. The molecule has 0 aromatic heterocycles. The SMILES string of the molecule is CSC1CCC(Nc2cccc(N)c2C)CC1. The number of nitrogens with two attached hydrogens (primary N) is 1. The molecular formula is C14H22N2S. The molecule has 94 valence electrons. The van der Waals surface area contributed by atoms with Gasteiger partial charge in [0.2, 0.25) is 0 Å². The van der Waals surface area contributed by atoms with Crippen molar-refractivity contribution in [1.29, 1.82) is 0 Å². The van der Waals surface area contributed by atoms with Crippen molar-refractivity contribution < 1.29 is 0 Å². The van der Waals surface area contributed by atoms with Crippen molar-refractivity contribution in [2.45, 2.75) is 43.9 Å². The number of hydrogen-bond acceptors (Lipinski definition) is 3. The molecule has 0 atom stereocenters. The molecule has 0 amide bonds. The van der Waals surface area contributed by atoms with Gasteiger partial charge in [0.25, 0.3) is 0 Å². The molecule has 17 heavy (non-hydrogen) atoms. The van der Waals surface area contributed by atoms with Crippen molar-refractivity contribution in [3.63, 3.8) is 0 Å². The lowest BCUT2D eigenvalue weighted by Crippen LogP contribution is -2.27. The largest absolute Gasteiger partial charge is 0.398 e. The molecule has 1 aromatic carbocycles. The first-order chi connectivity index (χ1) is 8.20. The van der Waals surface area contributed by atoms with Crippen molar-refractivity contribution >= 4 is 23.1 Å². The molecule has 0 unspecified atom stereocenters. The molecule has 1 aliphatic rings. The van der Waals surface area contributed by atoms with Crippen LogP contribution < -0.4 is 11.1 Å². The van der Waals surface area contributed by atoms with Crippen LogP contribution in [0, 0.1) is 6.92 Å². The quantitative estimate of drug-likeness (QED) is 0.804. The van der Waals surface area contributed by atoms with Gasteiger partial charge in [-0.05, 0) is 56.6 Å². The van der Waals surface area contributed by atoms with Gasteiger partial charge in [-0.1, -0.05) is 6.07 Å². The zero-order valence-corrected chi connectivity index (χ0v) is 11.5. The van der Waals surface area contributed by atoms with E-state index in [0.29, 0.717) is 6.04 Å². The molecule has 1 aliphatic carbocycles. The van der Waals surface area contributed by atoms with E-state index >= 15 is 0 Å². The average molecular weight is 250 g/mol. The summed E-state index contributed by atoms with van der Waals surface area (Å²) >= 11 is 2.01. The van der Waals surface area contributed by atoms with Crippen molar-refractivity contribution in [3.05, 3.63) is 23.8 Å². The number of nitrogens with one attached hydrogen (secondary N) is 1. The standard InChI is InChI=1S/C14H22N2S/c1-10-13(15)4-3-5-14(10)16-11-6-8-12(17-2)9-7-11/h3-5,11-12,16H,6-9,15H2,1-2H3. The van der Waals surface area contributed by atoms with Gasteiger partial charge in [0.1, 0.15) is 0 Å². The second kappa shape index (κ2) is 5.67. The van der Waals surface area contributed by atoms with Crippen LogP contribution in [0.2, 0.25) is 0 Å². The first kappa shape index (κ1) is 12.6. The molecule has 0 saturated heterocycles. The van der Waals surface area contributed by atoms with E-state index in [2.05, 4.69) is 24.6 Å². The first-order valence-electron chi connectivity index (χ1n) is 6.35. The van der Waals surface area contributed by atoms with E-state index in [9.17, 15) is 0 Å². The highest BCUT2D eigenvalue weighted by molar-refractivity contribution is 7.99. The van der Waals surface area contributed by atoms with E-state index in [1.165, 1.54) is 36.9 Å². The summed E-state index contributed by atoms with van der Waals surface area (Å²) in [5, 5.41) is 4.52. The lowest BCUT2D eigenvalue weighted by molar-refractivity contribution is 0.473. The Morgan fingerprint density at radius 2 is 1.94 bits per heavy atom. The van der Waals surface area contributed by atoms with Crippen LogP contribution in [-0.2, 0) is 0 Å². The summed E-state index contributed by atoms with van der Waals surface area (Å²) < 4.78 is 0. The molecule has 3 heteroatoms. The van der Waals surface area contributed by atoms with Crippen LogP contribution in [0.1, 0.15) is 31.2 Å². The maximum atomic E-state index is 5.93. The highest BCUT2D eigenvalue weighted by atomic mass is 32.2. The summed E-state index contributed by atoms with van der Waals surface area (Å²) in [6.45, 7) is 2.09. The smallest absolute Gasteiger partial charge is 0.0392 e. The summed E-state index contributed by atoms with van der Waals surface area (Å²) in [7, 11) is 0. The molecule has 1 fully saturated rings. The van der Waals surface area contributed by atoms with E-state index in [1.54, 1.807) is 0 Å². The molecule has 2 nitrogen and oxygen atoms in total. The normalized spacial score (nSPS) is 24.6. The van der Waals surface area contributed by atoms with Gasteiger partial charge in [-0.25, -0.2) is 0 Å². The second-order valence-corrected chi connectivity index (χ2v) is 6.01. The van der Waals surface area contributed by atoms with Crippen LogP contribution in [0.15, 0.2) is 18.2 Å². The van der Waals surface area contributed by atoms with Crippen molar-refractivity contribution in [1.82, 2.24) is 0 Å². The Morgan fingerprint density at radius 3 is 2.59 bits per heavy atom. The number of anilines is 2. The fourth-order valence-corrected chi connectivity index (χ4v) is 3.22. The Balaban J connectivity index is 1.95. The van der Waals surface area contributed by atoms with Crippen LogP contribution in [0.4, 0.5) is 11.4 Å². The van der Waals surface area contributed by atoms with Crippen LogP contribution in [0.3, 0.4) is 0 Å². The molecule has 0 aliphatic heterocycles. The maximum absolute atomic E-state index is 5.93. The van der Waals surface area contributed by atoms with E-state index in [-0.39, 0.29) is 0 Å². The molecule has 0 radical (unpaired) electrons. The van der Waals surface area contributed by atoms with Gasteiger partial charge in [-0.2, -0.15) is 11.8 Å². The van der Waals surface area contributed by atoms with Gasteiger partial charge in [0.15, 0.2) is 0 Å². The minimum absolute atomic E-state index is 0.624. The van der Waals surface area contributed by atoms with Gasteiger partial charge in [-0.3, -0.25) is 0 Å². The minimum Gasteiger partial charge on any atom is -0.398 e. The third-order valence-electron chi connectivity index (χ3n) is 3.74. The van der Waals surface area contributed by atoms with Gasteiger partial charge in [0, 0.05) is 22.7 Å². The Kier molecular flexibility index (Phi) is 4.21.